The minimum absolute atomic E-state index is 0.769. The lowest BCUT2D eigenvalue weighted by Gasteiger charge is -2.33. The molecule has 1 aromatic rings. The molecular formula is C16H23N. The van der Waals surface area contributed by atoms with Gasteiger partial charge in [-0.05, 0) is 43.0 Å². The van der Waals surface area contributed by atoms with E-state index in [1.807, 2.05) is 0 Å². The molecule has 0 amide bonds. The Morgan fingerprint density at radius 3 is 2.65 bits per heavy atom. The van der Waals surface area contributed by atoms with Crippen molar-refractivity contribution in [3.8, 4) is 0 Å². The van der Waals surface area contributed by atoms with Crippen molar-refractivity contribution >= 4 is 11.8 Å². The van der Waals surface area contributed by atoms with Crippen molar-refractivity contribution < 1.29 is 0 Å². The van der Waals surface area contributed by atoms with Gasteiger partial charge in [-0.25, -0.2) is 0 Å². The Balaban J connectivity index is 2.41. The molecule has 0 heterocycles. The molecule has 0 atom stereocenters. The van der Waals surface area contributed by atoms with Gasteiger partial charge in [-0.15, -0.1) is 0 Å². The molecule has 1 aliphatic carbocycles. The molecule has 0 radical (unpaired) electrons. The van der Waals surface area contributed by atoms with Crippen LogP contribution in [0.25, 0.3) is 11.8 Å². The molecule has 0 saturated heterocycles. The van der Waals surface area contributed by atoms with Crippen LogP contribution in [0.15, 0.2) is 24.3 Å². The monoisotopic (exact) mass is 229 g/mol. The summed E-state index contributed by atoms with van der Waals surface area (Å²) in [7, 11) is 2.21. The average Bonchev–Trinajstić information content (AvgIpc) is 2.26. The summed E-state index contributed by atoms with van der Waals surface area (Å²) in [4.78, 5) is 2.39. The maximum absolute atomic E-state index is 2.39. The first-order chi connectivity index (χ1) is 8.22. The van der Waals surface area contributed by atoms with E-state index >= 15 is 0 Å². The highest BCUT2D eigenvalue weighted by atomic mass is 15.1. The molecule has 0 bridgehead atoms. The fourth-order valence-electron chi connectivity index (χ4n) is 2.31. The highest BCUT2D eigenvalue weighted by molar-refractivity contribution is 5.43. The molecule has 0 unspecified atom stereocenters. The van der Waals surface area contributed by atoms with Gasteiger partial charge in [0.2, 0.25) is 0 Å². The zero-order valence-corrected chi connectivity index (χ0v) is 11.2. The van der Waals surface area contributed by atoms with E-state index in [4.69, 9.17) is 0 Å². The Morgan fingerprint density at radius 2 is 2.06 bits per heavy atom. The lowest BCUT2D eigenvalue weighted by atomic mass is 9.92. The van der Waals surface area contributed by atoms with Gasteiger partial charge in [-0.3, -0.25) is 0 Å². The topological polar surface area (TPSA) is 3.24 Å². The smallest absolute Gasteiger partial charge is 0.0281 e. The summed E-state index contributed by atoms with van der Waals surface area (Å²) < 4.78 is 0. The van der Waals surface area contributed by atoms with E-state index in [-0.39, 0.29) is 0 Å². The number of benzene rings is 1. The summed E-state index contributed by atoms with van der Waals surface area (Å²) in [6, 6.07) is 9.50. The highest BCUT2D eigenvalue weighted by Crippen LogP contribution is 2.23. The summed E-state index contributed by atoms with van der Waals surface area (Å²) in [6.07, 6.45) is 7.54. The zero-order valence-electron chi connectivity index (χ0n) is 11.2. The largest absolute Gasteiger partial charge is 0.377 e. The first-order valence-corrected chi connectivity index (χ1v) is 6.71. The molecule has 1 aliphatic rings. The first kappa shape index (κ1) is 12.2. The van der Waals surface area contributed by atoms with E-state index in [1.165, 1.54) is 35.3 Å². The lowest BCUT2D eigenvalue weighted by Crippen LogP contribution is -2.37. The maximum Gasteiger partial charge on any atom is 0.0281 e. The van der Waals surface area contributed by atoms with Gasteiger partial charge >= 0.3 is 0 Å². The third kappa shape index (κ3) is 2.71. The second kappa shape index (κ2) is 5.39. The Hall–Kier alpha value is -1.24. The van der Waals surface area contributed by atoms with Gasteiger partial charge in [0.15, 0.2) is 0 Å². The van der Waals surface area contributed by atoms with Gasteiger partial charge < -0.3 is 4.90 Å². The average molecular weight is 229 g/mol. The molecule has 1 aromatic carbocycles. The van der Waals surface area contributed by atoms with E-state index < -0.39 is 0 Å². The van der Waals surface area contributed by atoms with Crippen LogP contribution in [0.1, 0.15) is 39.5 Å². The van der Waals surface area contributed by atoms with Gasteiger partial charge in [0, 0.05) is 19.3 Å². The van der Waals surface area contributed by atoms with Gasteiger partial charge in [-0.2, -0.15) is 0 Å². The van der Waals surface area contributed by atoms with Crippen molar-refractivity contribution in [3.63, 3.8) is 0 Å². The fourth-order valence-corrected chi connectivity index (χ4v) is 2.31. The SMILES string of the molecule is CCC(C)=c1cccc/c1=C/N(C)C1CCC1. The summed E-state index contributed by atoms with van der Waals surface area (Å²) in [5, 5.41) is 2.77. The molecule has 92 valence electrons. The van der Waals surface area contributed by atoms with Crippen molar-refractivity contribution in [1.82, 2.24) is 4.90 Å². The van der Waals surface area contributed by atoms with Crippen molar-refractivity contribution in [2.24, 2.45) is 0 Å². The van der Waals surface area contributed by atoms with Crippen LogP contribution in [0.4, 0.5) is 0 Å². The van der Waals surface area contributed by atoms with E-state index in [1.54, 1.807) is 0 Å². The van der Waals surface area contributed by atoms with Crippen molar-refractivity contribution in [3.05, 3.63) is 34.7 Å². The number of hydrogen-bond donors (Lipinski definition) is 0. The van der Waals surface area contributed by atoms with Crippen molar-refractivity contribution in [1.29, 1.82) is 0 Å². The van der Waals surface area contributed by atoms with E-state index in [0.717, 1.165) is 12.5 Å². The van der Waals surface area contributed by atoms with Gasteiger partial charge in [-0.1, -0.05) is 36.8 Å². The molecule has 2 rings (SSSR count). The molecule has 0 spiro atoms. The molecule has 1 heteroatoms. The van der Waals surface area contributed by atoms with Crippen LogP contribution < -0.4 is 10.4 Å². The second-order valence-electron chi connectivity index (χ2n) is 5.10. The summed E-state index contributed by atoms with van der Waals surface area (Å²) in [5.74, 6) is 0. The molecule has 0 N–H and O–H groups in total. The van der Waals surface area contributed by atoms with Gasteiger partial charge in [0.25, 0.3) is 0 Å². The van der Waals surface area contributed by atoms with Gasteiger partial charge in [0.05, 0.1) is 0 Å². The molecule has 1 fully saturated rings. The Kier molecular flexibility index (Phi) is 3.88. The van der Waals surface area contributed by atoms with Gasteiger partial charge in [0.1, 0.15) is 0 Å². The Labute approximate surface area is 104 Å². The third-order valence-electron chi connectivity index (χ3n) is 3.94. The minimum Gasteiger partial charge on any atom is -0.377 e. The molecule has 0 aromatic heterocycles. The zero-order chi connectivity index (χ0) is 12.3. The van der Waals surface area contributed by atoms with Crippen LogP contribution in [-0.2, 0) is 0 Å². The fraction of sp³-hybridized carbons (Fsp3) is 0.500. The normalized spacial score (nSPS) is 18.9. The summed E-state index contributed by atoms with van der Waals surface area (Å²) >= 11 is 0. The van der Waals surface area contributed by atoms with Crippen LogP contribution in [0.2, 0.25) is 0 Å². The van der Waals surface area contributed by atoms with Crippen LogP contribution in [0.3, 0.4) is 0 Å². The van der Waals surface area contributed by atoms with Crippen LogP contribution in [0, 0.1) is 0 Å². The number of hydrogen-bond acceptors (Lipinski definition) is 1. The van der Waals surface area contributed by atoms with Crippen LogP contribution in [-0.4, -0.2) is 18.0 Å². The third-order valence-corrected chi connectivity index (χ3v) is 3.94. The first-order valence-electron chi connectivity index (χ1n) is 6.71. The van der Waals surface area contributed by atoms with E-state index in [9.17, 15) is 0 Å². The number of rotatable bonds is 3. The standard InChI is InChI=1S/C16H23N/c1-4-13(2)16-11-6-5-8-14(16)12-17(3)15-9-7-10-15/h5-6,8,11-12,15H,4,7,9-10H2,1-3H3/b14-12-,16-13?. The van der Waals surface area contributed by atoms with E-state index in [2.05, 4.69) is 56.3 Å². The van der Waals surface area contributed by atoms with Crippen molar-refractivity contribution in [2.45, 2.75) is 45.6 Å². The van der Waals surface area contributed by atoms with Crippen LogP contribution >= 0.6 is 0 Å². The Morgan fingerprint density at radius 1 is 1.35 bits per heavy atom. The lowest BCUT2D eigenvalue weighted by molar-refractivity contribution is 0.236. The summed E-state index contributed by atoms with van der Waals surface area (Å²) in [6.45, 7) is 4.46. The number of nitrogens with zero attached hydrogens (tertiary/aromatic N) is 1. The minimum atomic E-state index is 0.769. The van der Waals surface area contributed by atoms with Crippen molar-refractivity contribution in [2.75, 3.05) is 7.05 Å². The molecule has 17 heavy (non-hydrogen) atoms. The maximum atomic E-state index is 2.39. The quantitative estimate of drug-likeness (QED) is 0.770. The molecular weight excluding hydrogens is 206 g/mol. The molecule has 0 aliphatic heterocycles. The Bertz CT molecular complexity index is 482. The molecule has 1 nitrogen and oxygen atoms in total. The summed E-state index contributed by atoms with van der Waals surface area (Å²) in [5.41, 5.74) is 1.47. The second-order valence-corrected chi connectivity index (χ2v) is 5.10. The highest BCUT2D eigenvalue weighted by Gasteiger charge is 2.19. The van der Waals surface area contributed by atoms with E-state index in [0.29, 0.717) is 0 Å². The molecule has 1 saturated carbocycles. The van der Waals surface area contributed by atoms with Crippen LogP contribution in [0.5, 0.6) is 0 Å². The predicted octanol–water partition coefficient (Wildman–Crippen LogP) is 2.49. The predicted molar refractivity (Wildman–Crippen MR) is 74.9 cm³/mol.